The minimum absolute atomic E-state index is 0. The molecular formula is C20H30FIN4O3. The van der Waals surface area contributed by atoms with E-state index in [0.717, 1.165) is 5.56 Å². The van der Waals surface area contributed by atoms with Gasteiger partial charge in [-0.1, -0.05) is 19.1 Å². The zero-order valence-electron chi connectivity index (χ0n) is 17.1. The molecule has 1 saturated heterocycles. The molecular weight excluding hydrogens is 490 g/mol. The number of amides is 1. The molecule has 0 aliphatic carbocycles. The van der Waals surface area contributed by atoms with E-state index in [1.54, 1.807) is 12.1 Å². The molecule has 162 valence electrons. The third-order valence-corrected chi connectivity index (χ3v) is 5.01. The van der Waals surface area contributed by atoms with Crippen LogP contribution in [0.1, 0.15) is 19.4 Å². The first-order valence-electron chi connectivity index (χ1n) is 9.50. The lowest BCUT2D eigenvalue weighted by atomic mass is 9.99. The summed E-state index contributed by atoms with van der Waals surface area (Å²) in [5.41, 5.74) is 6.38. The monoisotopic (exact) mass is 520 g/mol. The molecule has 29 heavy (non-hydrogen) atoms. The highest BCUT2D eigenvalue weighted by Gasteiger charge is 2.37. The van der Waals surface area contributed by atoms with Crippen molar-refractivity contribution >= 4 is 41.8 Å². The molecule has 1 aromatic carbocycles. The number of esters is 1. The second-order valence-corrected chi connectivity index (χ2v) is 7.14. The Balaban J connectivity index is 0.00000420. The average molecular weight is 520 g/mol. The minimum atomic E-state index is -0.504. The van der Waals surface area contributed by atoms with Gasteiger partial charge in [-0.3, -0.25) is 14.6 Å². The summed E-state index contributed by atoms with van der Waals surface area (Å²) in [4.78, 5) is 30.4. The molecule has 1 aromatic rings. The number of primary amides is 1. The van der Waals surface area contributed by atoms with Crippen LogP contribution >= 0.6 is 24.0 Å². The van der Waals surface area contributed by atoms with Gasteiger partial charge in [0.2, 0.25) is 5.91 Å². The van der Waals surface area contributed by atoms with E-state index in [2.05, 4.69) is 10.3 Å². The molecule has 0 saturated carbocycles. The maximum atomic E-state index is 13.1. The normalized spacial score (nSPS) is 20.0. The Morgan fingerprint density at radius 2 is 2.00 bits per heavy atom. The van der Waals surface area contributed by atoms with Crippen LogP contribution in [0.25, 0.3) is 0 Å². The molecule has 9 heteroatoms. The molecule has 3 atom stereocenters. The number of halogens is 2. The van der Waals surface area contributed by atoms with Gasteiger partial charge < -0.3 is 20.7 Å². The fourth-order valence-corrected chi connectivity index (χ4v) is 3.38. The van der Waals surface area contributed by atoms with Crippen molar-refractivity contribution in [2.75, 3.05) is 33.3 Å². The van der Waals surface area contributed by atoms with Gasteiger partial charge in [0.1, 0.15) is 5.82 Å². The predicted octanol–water partition coefficient (Wildman–Crippen LogP) is 1.79. The first kappa shape index (κ1) is 25.1. The minimum Gasteiger partial charge on any atom is -0.469 e. The van der Waals surface area contributed by atoms with Crippen molar-refractivity contribution in [1.29, 1.82) is 0 Å². The SMILES string of the molecule is CCNC(=NCC(Cc1ccc(F)cc1)C(N)=O)N1CC(C)C(C(=O)OC)C1.I. The Morgan fingerprint density at radius 1 is 1.34 bits per heavy atom. The van der Waals surface area contributed by atoms with E-state index < -0.39 is 11.8 Å². The number of methoxy groups -OCH3 is 1. The van der Waals surface area contributed by atoms with E-state index in [4.69, 9.17) is 10.5 Å². The Labute approximate surface area is 188 Å². The Kier molecular flexibility index (Phi) is 10.3. The highest BCUT2D eigenvalue weighted by atomic mass is 127. The van der Waals surface area contributed by atoms with Gasteiger partial charge in [0.05, 0.1) is 25.5 Å². The van der Waals surface area contributed by atoms with Crippen molar-refractivity contribution < 1.29 is 18.7 Å². The molecule has 0 aromatic heterocycles. The fraction of sp³-hybridized carbons (Fsp3) is 0.550. The summed E-state index contributed by atoms with van der Waals surface area (Å²) in [7, 11) is 1.39. The third kappa shape index (κ3) is 7.13. The number of carbonyl (C=O) groups excluding carboxylic acids is 2. The van der Waals surface area contributed by atoms with Crippen LogP contribution in [-0.4, -0.2) is 56.0 Å². The van der Waals surface area contributed by atoms with Gasteiger partial charge in [0.25, 0.3) is 0 Å². The van der Waals surface area contributed by atoms with Crippen LogP contribution in [0.4, 0.5) is 4.39 Å². The van der Waals surface area contributed by atoms with Crippen molar-refractivity contribution in [3.8, 4) is 0 Å². The van der Waals surface area contributed by atoms with E-state index in [0.29, 0.717) is 32.0 Å². The van der Waals surface area contributed by atoms with Crippen LogP contribution < -0.4 is 11.1 Å². The zero-order valence-corrected chi connectivity index (χ0v) is 19.4. The zero-order chi connectivity index (χ0) is 20.7. The summed E-state index contributed by atoms with van der Waals surface area (Å²) in [6, 6.07) is 6.01. The number of hydrogen-bond acceptors (Lipinski definition) is 4. The number of hydrogen-bond donors (Lipinski definition) is 2. The molecule has 1 amide bonds. The standard InChI is InChI=1S/C20H29FN4O3.HI/c1-4-23-20(25-11-13(2)17(12-25)19(27)28-3)24-10-15(18(22)26)9-14-5-7-16(21)8-6-14;/h5-8,13,15,17H,4,9-12H2,1-3H3,(H2,22,26)(H,23,24);1H. The molecule has 1 heterocycles. The van der Waals surface area contributed by atoms with Gasteiger partial charge in [-0.25, -0.2) is 4.39 Å². The molecule has 0 bridgehead atoms. The first-order chi connectivity index (χ1) is 13.3. The lowest BCUT2D eigenvalue weighted by Gasteiger charge is -2.22. The number of nitrogens with zero attached hydrogens (tertiary/aromatic N) is 2. The molecule has 1 aliphatic heterocycles. The smallest absolute Gasteiger partial charge is 0.310 e. The van der Waals surface area contributed by atoms with Crippen LogP contribution in [0.5, 0.6) is 0 Å². The number of nitrogens with two attached hydrogens (primary N) is 1. The van der Waals surface area contributed by atoms with Crippen molar-refractivity contribution in [2.24, 2.45) is 28.5 Å². The number of ether oxygens (including phenoxy) is 1. The van der Waals surface area contributed by atoms with E-state index in [9.17, 15) is 14.0 Å². The molecule has 1 aliphatic rings. The summed E-state index contributed by atoms with van der Waals surface area (Å²) in [6.45, 7) is 6.01. The number of carbonyl (C=O) groups is 2. The van der Waals surface area contributed by atoms with Crippen LogP contribution in [-0.2, 0) is 20.7 Å². The number of aliphatic imine (C=N–C) groups is 1. The molecule has 3 N–H and O–H groups in total. The van der Waals surface area contributed by atoms with Gasteiger partial charge in [0.15, 0.2) is 5.96 Å². The van der Waals surface area contributed by atoms with Crippen molar-refractivity contribution in [1.82, 2.24) is 10.2 Å². The lowest BCUT2D eigenvalue weighted by Crippen LogP contribution is -2.41. The molecule has 2 rings (SSSR count). The average Bonchev–Trinajstić information content (AvgIpc) is 3.06. The van der Waals surface area contributed by atoms with Crippen LogP contribution in [0, 0.1) is 23.6 Å². The summed E-state index contributed by atoms with van der Waals surface area (Å²) in [6.07, 6.45) is 0.389. The van der Waals surface area contributed by atoms with Gasteiger partial charge in [-0.05, 0) is 37.0 Å². The largest absolute Gasteiger partial charge is 0.469 e. The lowest BCUT2D eigenvalue weighted by molar-refractivity contribution is -0.146. The van der Waals surface area contributed by atoms with E-state index in [-0.39, 0.29) is 54.1 Å². The maximum Gasteiger partial charge on any atom is 0.310 e. The number of likely N-dealkylation sites (tertiary alicyclic amines) is 1. The van der Waals surface area contributed by atoms with E-state index in [1.165, 1.54) is 19.2 Å². The van der Waals surface area contributed by atoms with Crippen LogP contribution in [0.3, 0.4) is 0 Å². The summed E-state index contributed by atoms with van der Waals surface area (Å²) in [5.74, 6) is -0.928. The van der Waals surface area contributed by atoms with Gasteiger partial charge in [-0.15, -0.1) is 24.0 Å². The van der Waals surface area contributed by atoms with Crippen molar-refractivity contribution in [2.45, 2.75) is 20.3 Å². The van der Waals surface area contributed by atoms with Crippen LogP contribution in [0.2, 0.25) is 0 Å². The molecule has 7 nitrogen and oxygen atoms in total. The van der Waals surface area contributed by atoms with Gasteiger partial charge >= 0.3 is 5.97 Å². The molecule has 0 radical (unpaired) electrons. The second-order valence-electron chi connectivity index (χ2n) is 7.14. The molecule has 0 spiro atoms. The number of benzene rings is 1. The van der Waals surface area contributed by atoms with Gasteiger partial charge in [-0.2, -0.15) is 0 Å². The van der Waals surface area contributed by atoms with E-state index >= 15 is 0 Å². The van der Waals surface area contributed by atoms with E-state index in [1.807, 2.05) is 18.7 Å². The Bertz CT molecular complexity index is 714. The second kappa shape index (κ2) is 11.9. The number of rotatable bonds is 7. The maximum absolute atomic E-state index is 13.1. The third-order valence-electron chi connectivity index (χ3n) is 5.01. The highest BCUT2D eigenvalue weighted by Crippen LogP contribution is 2.24. The summed E-state index contributed by atoms with van der Waals surface area (Å²) in [5, 5.41) is 3.21. The molecule has 1 fully saturated rings. The quantitative estimate of drug-likeness (QED) is 0.248. The highest BCUT2D eigenvalue weighted by molar-refractivity contribution is 14.0. The fourth-order valence-electron chi connectivity index (χ4n) is 3.38. The first-order valence-corrected chi connectivity index (χ1v) is 9.50. The van der Waals surface area contributed by atoms with Gasteiger partial charge in [0, 0.05) is 19.6 Å². The molecule has 3 unspecified atom stereocenters. The van der Waals surface area contributed by atoms with Crippen molar-refractivity contribution in [3.05, 3.63) is 35.6 Å². The Morgan fingerprint density at radius 3 is 2.55 bits per heavy atom. The topological polar surface area (TPSA) is 97.0 Å². The summed E-state index contributed by atoms with van der Waals surface area (Å²) < 4.78 is 18.0. The number of nitrogens with one attached hydrogen (secondary N) is 1. The van der Waals surface area contributed by atoms with Crippen molar-refractivity contribution in [3.63, 3.8) is 0 Å². The number of guanidine groups is 1. The predicted molar refractivity (Wildman–Crippen MR) is 120 cm³/mol. The Hall–Kier alpha value is -1.91. The van der Waals surface area contributed by atoms with Crippen LogP contribution in [0.15, 0.2) is 29.3 Å². The summed E-state index contributed by atoms with van der Waals surface area (Å²) >= 11 is 0.